The molecule has 313 valence electrons. The van der Waals surface area contributed by atoms with Crippen LogP contribution in [0.5, 0.6) is 0 Å². The zero-order valence-corrected chi connectivity index (χ0v) is 40.9. The summed E-state index contributed by atoms with van der Waals surface area (Å²) in [7, 11) is 0. The number of nitrogens with zero attached hydrogens (tertiary/aromatic N) is 3. The summed E-state index contributed by atoms with van der Waals surface area (Å²) in [6.45, 7) is 2.85. The maximum atomic E-state index is 10.0. The number of aliphatic hydroxyl groups excluding tert-OH is 1. The molecular weight excluding hydrogens is 1300 g/mol. The Morgan fingerprint density at radius 2 is 0.823 bits per heavy atom. The van der Waals surface area contributed by atoms with Gasteiger partial charge in [0.2, 0.25) is 0 Å². The van der Waals surface area contributed by atoms with Crippen molar-refractivity contribution in [1.29, 1.82) is 0 Å². The van der Waals surface area contributed by atoms with Gasteiger partial charge in [-0.05, 0) is 81.4 Å². The third-order valence-corrected chi connectivity index (χ3v) is 9.30. The number of carbonyl (C=O) groups is 1. The summed E-state index contributed by atoms with van der Waals surface area (Å²) in [6, 6.07) is 69.1. The summed E-state index contributed by atoms with van der Waals surface area (Å²) >= 11 is 0. The quantitative estimate of drug-likeness (QED) is 0.108. The number of aromatic nitrogens is 3. The molecule has 0 atom stereocenters. The van der Waals surface area contributed by atoms with Crippen molar-refractivity contribution in [1.82, 2.24) is 15.0 Å². The van der Waals surface area contributed by atoms with Crippen LogP contribution in [0.25, 0.3) is 76.9 Å². The molecule has 3 aromatic heterocycles. The van der Waals surface area contributed by atoms with E-state index < -0.39 is 0 Å². The molecule has 0 aliphatic heterocycles. The van der Waals surface area contributed by atoms with Gasteiger partial charge >= 0.3 is 0 Å². The van der Waals surface area contributed by atoms with Gasteiger partial charge in [-0.15, -0.1) is 101 Å². The number of ketones is 1. The minimum Gasteiger partial charge on any atom is -0.512 e. The van der Waals surface area contributed by atoms with Crippen molar-refractivity contribution in [2.75, 3.05) is 0 Å². The van der Waals surface area contributed by atoms with E-state index in [1.807, 2.05) is 122 Å². The predicted octanol–water partition coefficient (Wildman–Crippen LogP) is 13.3. The molecule has 8 heteroatoms. The molecule has 0 saturated carbocycles. The van der Waals surface area contributed by atoms with Gasteiger partial charge in [0, 0.05) is 85.0 Å². The fourth-order valence-corrected chi connectivity index (χ4v) is 6.64. The molecule has 10 aromatic rings. The molecule has 0 fully saturated rings. The number of aliphatic hydroxyl groups is 1. The van der Waals surface area contributed by atoms with Crippen LogP contribution in [0, 0.1) is 18.2 Å². The summed E-state index contributed by atoms with van der Waals surface area (Å²) in [5.41, 5.74) is 6.12. The Kier molecular flexibility index (Phi) is 19.4. The summed E-state index contributed by atoms with van der Waals surface area (Å²) in [6.07, 6.45) is 6.72. The second-order valence-corrected chi connectivity index (χ2v) is 13.6. The van der Waals surface area contributed by atoms with Crippen LogP contribution in [0.2, 0.25) is 0 Å². The summed E-state index contributed by atoms with van der Waals surface area (Å²) in [5, 5.41) is 17.9. The Hall–Kier alpha value is -5.81. The second kappa shape index (κ2) is 24.6. The summed E-state index contributed by atoms with van der Waals surface area (Å²) in [5.74, 6) is -0.0625. The molecule has 7 aromatic carbocycles. The van der Waals surface area contributed by atoms with Gasteiger partial charge in [0.05, 0.1) is 5.76 Å². The third kappa shape index (κ3) is 12.9. The van der Waals surface area contributed by atoms with Gasteiger partial charge in [-0.1, -0.05) is 102 Å². The van der Waals surface area contributed by atoms with Crippen molar-refractivity contribution in [2.24, 2.45) is 0 Å². The molecule has 0 aliphatic carbocycles. The largest absolute Gasteiger partial charge is 0.512 e. The van der Waals surface area contributed by atoms with Gasteiger partial charge in [-0.25, -0.2) is 0 Å². The monoisotopic (exact) mass is 1340 g/mol. The number of carbonyl (C=O) groups excluding carboxylic acids is 1. The van der Waals surface area contributed by atoms with Crippen LogP contribution < -0.4 is 0 Å². The molecule has 0 bridgehead atoms. The molecule has 5 nitrogen and oxygen atoms in total. The zero-order valence-electron chi connectivity index (χ0n) is 33.7. The maximum absolute atomic E-state index is 10.0. The van der Waals surface area contributed by atoms with Crippen molar-refractivity contribution < 1.29 is 70.2 Å². The molecule has 3 radical (unpaired) electrons. The molecule has 0 unspecified atom stereocenters. The van der Waals surface area contributed by atoms with Gasteiger partial charge in [0.15, 0.2) is 5.78 Å². The Morgan fingerprint density at radius 3 is 1.19 bits per heavy atom. The van der Waals surface area contributed by atoms with Gasteiger partial charge < -0.3 is 20.1 Å². The Balaban J connectivity index is 0.000000187. The van der Waals surface area contributed by atoms with Gasteiger partial charge in [-0.3, -0.25) is 4.79 Å². The van der Waals surface area contributed by atoms with E-state index in [1.165, 1.54) is 63.0 Å². The van der Waals surface area contributed by atoms with Crippen LogP contribution in [-0.4, -0.2) is 25.8 Å². The SMILES string of the molecule is CC(=O)C=C(C)O.[Ir].[Ir].[Ir].[c-]1cc2ccccc2cc1-c1nccc2ccccc12.[c-]1ccccc1-c1nccc2ccccc12.[c-]1ccccc1-c1nccc2ccccc12. The molecule has 10 rings (SSSR count). The molecule has 0 saturated heterocycles. The average Bonchev–Trinajstić information content (AvgIpc) is 3.29. The normalized spacial score (nSPS) is 10.3. The Morgan fingerprint density at radius 1 is 0.452 bits per heavy atom. The van der Waals surface area contributed by atoms with Crippen molar-refractivity contribution in [3.8, 4) is 33.8 Å². The van der Waals surface area contributed by atoms with E-state index in [1.54, 1.807) is 0 Å². The van der Waals surface area contributed by atoms with E-state index in [0.717, 1.165) is 33.8 Å². The minimum atomic E-state index is -0.125. The fourth-order valence-electron chi connectivity index (χ4n) is 6.64. The van der Waals surface area contributed by atoms with Crippen LogP contribution >= 0.6 is 0 Å². The van der Waals surface area contributed by atoms with Gasteiger partial charge in [0.1, 0.15) is 0 Å². The van der Waals surface area contributed by atoms with Gasteiger partial charge in [0.25, 0.3) is 0 Å². The molecule has 0 spiro atoms. The van der Waals surface area contributed by atoms with Crippen LogP contribution in [0.3, 0.4) is 0 Å². The second-order valence-electron chi connectivity index (χ2n) is 13.6. The van der Waals surface area contributed by atoms with Crippen LogP contribution in [0.1, 0.15) is 13.8 Å². The number of fused-ring (bicyclic) bond motifs is 4. The zero-order chi connectivity index (χ0) is 40.8. The Bertz CT molecular complexity index is 2880. The molecular formula is C54H40Ir3N3O2-3. The molecule has 1 N–H and O–H groups in total. The Labute approximate surface area is 403 Å². The average molecular weight is 1340 g/mol. The molecule has 3 heterocycles. The topological polar surface area (TPSA) is 76.0 Å². The van der Waals surface area contributed by atoms with Crippen molar-refractivity contribution in [2.45, 2.75) is 13.8 Å². The van der Waals surface area contributed by atoms with Crippen LogP contribution in [0.4, 0.5) is 0 Å². The third-order valence-electron chi connectivity index (χ3n) is 9.30. The van der Waals surface area contributed by atoms with Gasteiger partial charge in [-0.2, -0.15) is 0 Å². The standard InChI is InChI=1S/C19H12N.2C15H10N.C5H8O2.3Ir/c1-2-7-16-13-17(10-9-14(16)5-1)19-18-8-4-3-6-15(18)11-12-20-19;2*1-2-7-13(8-3-1)15-14-9-5-4-6-12(14)10-11-16-15;1-4(6)3-5(2)7;;;/h1-9,11-13H;2*1-7,9-11H;3,6H,1-2H3;;;/q3*-1;;;;. The van der Waals surface area contributed by atoms with E-state index in [9.17, 15) is 4.79 Å². The van der Waals surface area contributed by atoms with Crippen LogP contribution in [0.15, 0.2) is 206 Å². The van der Waals surface area contributed by atoms with E-state index in [4.69, 9.17) is 5.11 Å². The molecule has 0 amide bonds. The number of hydrogen-bond donors (Lipinski definition) is 1. The van der Waals surface area contributed by atoms with Crippen molar-refractivity contribution >= 4 is 48.9 Å². The number of pyridine rings is 3. The predicted molar refractivity (Wildman–Crippen MR) is 243 cm³/mol. The maximum Gasteiger partial charge on any atom is 0.155 e. The molecule has 0 aliphatic rings. The van der Waals surface area contributed by atoms with E-state index in [2.05, 4.69) is 106 Å². The first-order valence-corrected chi connectivity index (χ1v) is 19.2. The van der Waals surface area contributed by atoms with E-state index in [-0.39, 0.29) is 71.9 Å². The minimum absolute atomic E-state index is 0. The number of hydrogen-bond acceptors (Lipinski definition) is 5. The summed E-state index contributed by atoms with van der Waals surface area (Å²) < 4.78 is 0. The smallest absolute Gasteiger partial charge is 0.155 e. The first kappa shape index (κ1) is 48.9. The first-order valence-electron chi connectivity index (χ1n) is 19.2. The summed E-state index contributed by atoms with van der Waals surface area (Å²) in [4.78, 5) is 23.5. The number of rotatable bonds is 4. The van der Waals surface area contributed by atoms with Crippen molar-refractivity contribution in [3.63, 3.8) is 0 Å². The van der Waals surface area contributed by atoms with E-state index >= 15 is 0 Å². The van der Waals surface area contributed by atoms with Crippen molar-refractivity contribution in [3.05, 3.63) is 225 Å². The van der Waals surface area contributed by atoms with Crippen LogP contribution in [-0.2, 0) is 65.1 Å². The first-order chi connectivity index (χ1) is 28.9. The number of allylic oxidation sites excluding steroid dienone is 2. The number of benzene rings is 7. The molecule has 62 heavy (non-hydrogen) atoms. The van der Waals surface area contributed by atoms with E-state index in [0.29, 0.717) is 0 Å². The fraction of sp³-hybridized carbons (Fsp3) is 0.0370.